The number of anilines is 2. The molecule has 0 aliphatic heterocycles. The van der Waals surface area contributed by atoms with Gasteiger partial charge < -0.3 is 20.1 Å². The maximum Gasteiger partial charge on any atom is 0.312 e. The highest BCUT2D eigenvalue weighted by Gasteiger charge is 2.58. The number of methoxy groups -OCH3 is 1. The van der Waals surface area contributed by atoms with Crippen molar-refractivity contribution in [3.63, 3.8) is 0 Å². The molecule has 2 N–H and O–H groups in total. The molecule has 2 aliphatic rings. The Morgan fingerprint density at radius 2 is 1.79 bits per heavy atom. The fourth-order valence-electron chi connectivity index (χ4n) is 7.70. The van der Waals surface area contributed by atoms with Crippen LogP contribution in [0.5, 0.6) is 5.88 Å². The van der Waals surface area contributed by atoms with E-state index in [9.17, 15) is 13.6 Å². The van der Waals surface area contributed by atoms with Gasteiger partial charge in [0.2, 0.25) is 5.88 Å². The average molecular weight is 725 g/mol. The molecule has 0 spiro atoms. The normalized spacial score (nSPS) is 19.3. The number of fused-ring (bicyclic) bond motifs is 3. The molecule has 3 heterocycles. The van der Waals surface area contributed by atoms with Gasteiger partial charge in [0.05, 0.1) is 35.4 Å². The van der Waals surface area contributed by atoms with Crippen molar-refractivity contribution in [3.8, 4) is 28.3 Å². The summed E-state index contributed by atoms with van der Waals surface area (Å²) in [6.45, 7) is 8.46. The van der Waals surface area contributed by atoms with Crippen LogP contribution in [0, 0.1) is 12.3 Å². The highest BCUT2D eigenvalue weighted by atomic mass is 35.5. The maximum atomic E-state index is 13.8. The summed E-state index contributed by atoms with van der Waals surface area (Å²) in [7, 11) is 1.60. The van der Waals surface area contributed by atoms with E-state index in [1.165, 1.54) is 0 Å². The molecule has 5 aromatic rings. The molecule has 2 bridgehead atoms. The van der Waals surface area contributed by atoms with E-state index in [0.29, 0.717) is 46.5 Å². The Morgan fingerprint density at radius 3 is 2.52 bits per heavy atom. The lowest BCUT2D eigenvalue weighted by Gasteiger charge is -2.28. The van der Waals surface area contributed by atoms with Crippen molar-refractivity contribution in [2.75, 3.05) is 19.0 Å². The second-order valence-electron chi connectivity index (χ2n) is 13.5. The number of pyridine rings is 2. The molecule has 7 rings (SSSR count). The molecule has 2 saturated carbocycles. The summed E-state index contributed by atoms with van der Waals surface area (Å²) in [5.41, 5.74) is 6.19. The van der Waals surface area contributed by atoms with E-state index in [1.807, 2.05) is 62.4 Å². The lowest BCUT2D eigenvalue weighted by molar-refractivity contribution is -0.154. The molecule has 2 aliphatic carbocycles. The zero-order valence-corrected chi connectivity index (χ0v) is 30.0. The van der Waals surface area contributed by atoms with Crippen molar-refractivity contribution in [1.29, 1.82) is 0 Å². The number of nitrogens with zero attached hydrogens (tertiary/aromatic N) is 4. The number of nitrogens with one attached hydrogen (secondary N) is 2. The molecular formula is C40H39ClF2N6O3. The van der Waals surface area contributed by atoms with Crippen molar-refractivity contribution in [2.24, 2.45) is 5.41 Å². The summed E-state index contributed by atoms with van der Waals surface area (Å²) in [4.78, 5) is 30.2. The van der Waals surface area contributed by atoms with Crippen LogP contribution in [0.2, 0.25) is 5.02 Å². The topological polar surface area (TPSA) is 111 Å². The average Bonchev–Trinajstić information content (AvgIpc) is 3.73. The lowest BCUT2D eigenvalue weighted by atomic mass is 9.84. The van der Waals surface area contributed by atoms with E-state index in [-0.39, 0.29) is 28.3 Å². The summed E-state index contributed by atoms with van der Waals surface area (Å²) in [5, 5.41) is 7.47. The van der Waals surface area contributed by atoms with Gasteiger partial charge in [-0.3, -0.25) is 9.78 Å². The molecule has 9 nitrogen and oxygen atoms in total. The predicted molar refractivity (Wildman–Crippen MR) is 199 cm³/mol. The molecule has 0 unspecified atom stereocenters. The number of carbonyl (C=O) groups is 1. The summed E-state index contributed by atoms with van der Waals surface area (Å²) < 4.78 is 38.8. The van der Waals surface area contributed by atoms with Gasteiger partial charge in [-0.25, -0.2) is 23.7 Å². The third-order valence-electron chi connectivity index (χ3n) is 10.5. The molecule has 2 fully saturated rings. The van der Waals surface area contributed by atoms with E-state index in [2.05, 4.69) is 32.2 Å². The van der Waals surface area contributed by atoms with Crippen LogP contribution in [0.1, 0.15) is 68.0 Å². The van der Waals surface area contributed by atoms with Crippen molar-refractivity contribution < 1.29 is 23.0 Å². The second kappa shape index (κ2) is 14.2. The number of halogens is 3. The van der Waals surface area contributed by atoms with Gasteiger partial charge in [0, 0.05) is 40.7 Å². The number of esters is 1. The number of alkyl halides is 2. The van der Waals surface area contributed by atoms with Crippen LogP contribution in [0.15, 0.2) is 67.4 Å². The minimum Gasteiger partial charge on any atom is -0.481 e. The molecule has 3 aromatic heterocycles. The van der Waals surface area contributed by atoms with Gasteiger partial charge in [0.1, 0.15) is 5.52 Å². The summed E-state index contributed by atoms with van der Waals surface area (Å²) in [6, 6.07) is 17.0. The Kier molecular flexibility index (Phi) is 9.67. The van der Waals surface area contributed by atoms with E-state index in [0.717, 1.165) is 59.9 Å². The summed E-state index contributed by atoms with van der Waals surface area (Å²) in [5.74, 6) is -0.00697. The Morgan fingerprint density at radius 1 is 1.04 bits per heavy atom. The number of ether oxygens (including phenoxy) is 2. The SMILES string of the molecule is C=Cc1cnc2c(Nc3cccc(-c4cccc(-c5ccc(CNC67CCC(C(=O)OCC)(CC6)C7)c(OC)n5)c4Cl)c3C)nc(C(F)F)nc2c1. The highest BCUT2D eigenvalue weighted by molar-refractivity contribution is 6.36. The Labute approximate surface area is 305 Å². The molecule has 0 radical (unpaired) electrons. The number of hydrogen-bond acceptors (Lipinski definition) is 9. The van der Waals surface area contributed by atoms with Gasteiger partial charge in [-0.05, 0) is 80.8 Å². The smallest absolute Gasteiger partial charge is 0.312 e. The minimum atomic E-state index is -2.86. The van der Waals surface area contributed by atoms with Crippen LogP contribution in [0.3, 0.4) is 0 Å². The zero-order valence-electron chi connectivity index (χ0n) is 29.2. The predicted octanol–water partition coefficient (Wildman–Crippen LogP) is 9.40. The number of rotatable bonds is 12. The quantitative estimate of drug-likeness (QED) is 0.122. The van der Waals surface area contributed by atoms with Gasteiger partial charge in [-0.2, -0.15) is 0 Å². The standard InChI is InChI=1S/C40H39ClF2N6O3/c1-5-24-19-31-33(44-20-24)35(49-36(47-31)34(42)43)46-29-12-8-9-26(23(29)3)27-10-7-11-28(32(27)41)30-14-13-25(37(48-30)51-4)21-45-40-17-15-39(22-40,16-18-40)38(50)52-6-2/h5,7-14,19-20,34,45H,1,6,15-18,21-22H2,2-4H3,(H,46,47,49). The first-order chi connectivity index (χ1) is 25.1. The van der Waals surface area contributed by atoms with Crippen LogP contribution in [0.25, 0.3) is 39.5 Å². The first-order valence-electron chi connectivity index (χ1n) is 17.3. The second-order valence-corrected chi connectivity index (χ2v) is 13.9. The first kappa shape index (κ1) is 35.4. The fraction of sp³-hybridized carbons (Fsp3) is 0.325. The van der Waals surface area contributed by atoms with E-state index < -0.39 is 12.2 Å². The largest absolute Gasteiger partial charge is 0.481 e. The van der Waals surface area contributed by atoms with Crippen LogP contribution >= 0.6 is 11.6 Å². The van der Waals surface area contributed by atoms with Gasteiger partial charge >= 0.3 is 5.97 Å². The molecular weight excluding hydrogens is 686 g/mol. The summed E-state index contributed by atoms with van der Waals surface area (Å²) >= 11 is 7.14. The zero-order chi connectivity index (χ0) is 36.6. The minimum absolute atomic E-state index is 0.0697. The molecule has 268 valence electrons. The molecule has 2 aromatic carbocycles. The van der Waals surface area contributed by atoms with Crippen LogP contribution in [-0.2, 0) is 16.1 Å². The number of aromatic nitrogens is 4. The van der Waals surface area contributed by atoms with Crippen LogP contribution < -0.4 is 15.4 Å². The van der Waals surface area contributed by atoms with Gasteiger partial charge in [-0.15, -0.1) is 0 Å². The van der Waals surface area contributed by atoms with E-state index in [4.69, 9.17) is 26.1 Å². The number of carbonyl (C=O) groups excluding carboxylic acids is 1. The Hall–Kier alpha value is -5.00. The third kappa shape index (κ3) is 6.47. The molecule has 12 heteroatoms. The lowest BCUT2D eigenvalue weighted by Crippen LogP contribution is -2.40. The third-order valence-corrected chi connectivity index (χ3v) is 10.9. The fourth-order valence-corrected chi connectivity index (χ4v) is 8.02. The first-order valence-corrected chi connectivity index (χ1v) is 17.7. The van der Waals surface area contributed by atoms with Crippen molar-refractivity contribution in [2.45, 2.75) is 64.5 Å². The molecule has 0 saturated heterocycles. The number of benzene rings is 2. The number of hydrogen-bond donors (Lipinski definition) is 2. The monoisotopic (exact) mass is 724 g/mol. The molecule has 0 atom stereocenters. The Bertz CT molecular complexity index is 2190. The van der Waals surface area contributed by atoms with Gasteiger partial charge in [0.25, 0.3) is 6.43 Å². The van der Waals surface area contributed by atoms with Gasteiger partial charge in [-0.1, -0.05) is 60.7 Å². The van der Waals surface area contributed by atoms with Gasteiger partial charge in [0.15, 0.2) is 11.6 Å². The van der Waals surface area contributed by atoms with E-state index >= 15 is 0 Å². The molecule has 52 heavy (non-hydrogen) atoms. The molecule has 0 amide bonds. The van der Waals surface area contributed by atoms with Crippen LogP contribution in [-0.4, -0.2) is 45.2 Å². The maximum absolute atomic E-state index is 13.8. The Balaban J connectivity index is 1.15. The van der Waals surface area contributed by atoms with Crippen molar-refractivity contribution in [1.82, 2.24) is 25.3 Å². The summed E-state index contributed by atoms with van der Waals surface area (Å²) in [6.07, 6.45) is 4.62. The van der Waals surface area contributed by atoms with Crippen molar-refractivity contribution >= 4 is 46.2 Å². The van der Waals surface area contributed by atoms with E-state index in [1.54, 1.807) is 25.4 Å². The highest BCUT2D eigenvalue weighted by Crippen LogP contribution is 2.57. The van der Waals surface area contributed by atoms with Crippen LogP contribution in [0.4, 0.5) is 20.3 Å². The van der Waals surface area contributed by atoms with Crippen molar-refractivity contribution in [3.05, 3.63) is 94.9 Å².